The van der Waals surface area contributed by atoms with Gasteiger partial charge in [0.2, 0.25) is 11.8 Å². The molecule has 0 spiro atoms. The molecule has 0 radical (unpaired) electrons. The number of rotatable bonds is 6. The molecule has 24 heavy (non-hydrogen) atoms. The van der Waals surface area contributed by atoms with Crippen LogP contribution in [-0.4, -0.2) is 42.4 Å². The van der Waals surface area contributed by atoms with Gasteiger partial charge in [-0.3, -0.25) is 9.59 Å². The first-order chi connectivity index (χ1) is 11.5. The highest BCUT2D eigenvalue weighted by molar-refractivity contribution is 5.87. The number of hydrogen-bond donors (Lipinski definition) is 2. The van der Waals surface area contributed by atoms with E-state index in [1.54, 1.807) is 0 Å². The SMILES string of the molecule is CC(C)[C@H](N)C(=O)NCC(=O)N1CCC(Cc2ccccc2)CC1. The molecule has 1 aliphatic rings. The lowest BCUT2D eigenvalue weighted by atomic mass is 9.90. The lowest BCUT2D eigenvalue weighted by molar-refractivity contribution is -0.134. The fourth-order valence-corrected chi connectivity index (χ4v) is 3.03. The molecule has 0 aliphatic carbocycles. The third-order valence-electron chi connectivity index (χ3n) is 4.77. The highest BCUT2D eigenvalue weighted by Crippen LogP contribution is 2.21. The van der Waals surface area contributed by atoms with E-state index < -0.39 is 6.04 Å². The van der Waals surface area contributed by atoms with E-state index >= 15 is 0 Å². The van der Waals surface area contributed by atoms with Crippen LogP contribution in [0.1, 0.15) is 32.3 Å². The maximum atomic E-state index is 12.2. The van der Waals surface area contributed by atoms with Crippen LogP contribution in [0.15, 0.2) is 30.3 Å². The summed E-state index contributed by atoms with van der Waals surface area (Å²) in [7, 11) is 0. The number of nitrogens with one attached hydrogen (secondary N) is 1. The summed E-state index contributed by atoms with van der Waals surface area (Å²) in [6.07, 6.45) is 3.10. The van der Waals surface area contributed by atoms with Crippen molar-refractivity contribution in [3.05, 3.63) is 35.9 Å². The van der Waals surface area contributed by atoms with Crippen molar-refractivity contribution in [1.82, 2.24) is 10.2 Å². The maximum absolute atomic E-state index is 12.2. The van der Waals surface area contributed by atoms with Crippen molar-refractivity contribution >= 4 is 11.8 Å². The van der Waals surface area contributed by atoms with E-state index in [1.165, 1.54) is 5.56 Å². The molecule has 132 valence electrons. The average Bonchev–Trinajstić information content (AvgIpc) is 2.60. The first kappa shape index (κ1) is 18.5. The van der Waals surface area contributed by atoms with Crippen molar-refractivity contribution in [2.45, 2.75) is 39.2 Å². The smallest absolute Gasteiger partial charge is 0.241 e. The summed E-state index contributed by atoms with van der Waals surface area (Å²) in [5, 5.41) is 2.66. The van der Waals surface area contributed by atoms with Gasteiger partial charge in [-0.25, -0.2) is 0 Å². The van der Waals surface area contributed by atoms with E-state index in [2.05, 4.69) is 29.6 Å². The molecule has 3 N–H and O–H groups in total. The number of benzene rings is 1. The van der Waals surface area contributed by atoms with Gasteiger partial charge in [0.1, 0.15) is 0 Å². The molecule has 1 heterocycles. The molecule has 1 aliphatic heterocycles. The molecule has 1 aromatic carbocycles. The Kier molecular flexibility index (Phi) is 6.79. The summed E-state index contributed by atoms with van der Waals surface area (Å²) in [6.45, 7) is 5.36. The van der Waals surface area contributed by atoms with Gasteiger partial charge in [-0.2, -0.15) is 0 Å². The van der Waals surface area contributed by atoms with Crippen LogP contribution in [0.25, 0.3) is 0 Å². The van der Waals surface area contributed by atoms with Gasteiger partial charge in [-0.15, -0.1) is 0 Å². The molecule has 5 heteroatoms. The number of hydrogen-bond acceptors (Lipinski definition) is 3. The second-order valence-electron chi connectivity index (χ2n) is 7.00. The zero-order valence-corrected chi connectivity index (χ0v) is 14.7. The van der Waals surface area contributed by atoms with Crippen LogP contribution >= 0.6 is 0 Å². The Morgan fingerprint density at radius 1 is 1.21 bits per heavy atom. The molecule has 0 saturated carbocycles. The molecule has 5 nitrogen and oxygen atoms in total. The maximum Gasteiger partial charge on any atom is 0.241 e. The second-order valence-corrected chi connectivity index (χ2v) is 7.00. The highest BCUT2D eigenvalue weighted by atomic mass is 16.2. The molecule has 1 atom stereocenters. The Labute approximate surface area is 144 Å². The predicted octanol–water partition coefficient (Wildman–Crippen LogP) is 1.57. The Balaban J connectivity index is 1.71. The van der Waals surface area contributed by atoms with E-state index in [1.807, 2.05) is 24.8 Å². The molecular formula is C19H29N3O2. The zero-order chi connectivity index (χ0) is 17.5. The van der Waals surface area contributed by atoms with Crippen LogP contribution in [0.2, 0.25) is 0 Å². The second kappa shape index (κ2) is 8.83. The van der Waals surface area contributed by atoms with Gasteiger partial charge < -0.3 is 16.0 Å². The first-order valence-corrected chi connectivity index (χ1v) is 8.82. The van der Waals surface area contributed by atoms with Crippen molar-refractivity contribution in [2.75, 3.05) is 19.6 Å². The number of carbonyl (C=O) groups excluding carboxylic acids is 2. The number of carbonyl (C=O) groups is 2. The zero-order valence-electron chi connectivity index (χ0n) is 14.7. The number of likely N-dealkylation sites (tertiary alicyclic amines) is 1. The van der Waals surface area contributed by atoms with Gasteiger partial charge in [0.15, 0.2) is 0 Å². The minimum Gasteiger partial charge on any atom is -0.346 e. The standard InChI is InChI=1S/C19H29N3O2/c1-14(2)18(20)19(24)21-13-17(23)22-10-8-16(9-11-22)12-15-6-4-3-5-7-15/h3-7,14,16,18H,8-13,20H2,1-2H3,(H,21,24)/t18-/m0/s1. The summed E-state index contributed by atoms with van der Waals surface area (Å²) in [5.74, 6) is 0.420. The monoisotopic (exact) mass is 331 g/mol. The van der Waals surface area contributed by atoms with Crippen LogP contribution in [0.4, 0.5) is 0 Å². The summed E-state index contributed by atoms with van der Waals surface area (Å²) < 4.78 is 0. The van der Waals surface area contributed by atoms with Gasteiger partial charge in [0, 0.05) is 13.1 Å². The Hall–Kier alpha value is -1.88. The van der Waals surface area contributed by atoms with Gasteiger partial charge in [-0.1, -0.05) is 44.2 Å². The van der Waals surface area contributed by atoms with Gasteiger partial charge in [0.25, 0.3) is 0 Å². The van der Waals surface area contributed by atoms with E-state index in [4.69, 9.17) is 5.73 Å². The van der Waals surface area contributed by atoms with Crippen LogP contribution in [-0.2, 0) is 16.0 Å². The van der Waals surface area contributed by atoms with E-state index in [0.717, 1.165) is 32.4 Å². The molecule has 0 unspecified atom stereocenters. The van der Waals surface area contributed by atoms with Crippen LogP contribution in [0, 0.1) is 11.8 Å². The largest absolute Gasteiger partial charge is 0.346 e. The molecule has 2 rings (SSSR count). The molecule has 0 bridgehead atoms. The Morgan fingerprint density at radius 2 is 1.83 bits per heavy atom. The molecule has 0 aromatic heterocycles. The van der Waals surface area contributed by atoms with Crippen LogP contribution in [0.5, 0.6) is 0 Å². The van der Waals surface area contributed by atoms with Crippen molar-refractivity contribution in [1.29, 1.82) is 0 Å². The lowest BCUT2D eigenvalue weighted by Crippen LogP contribution is -2.49. The van der Waals surface area contributed by atoms with Crippen molar-refractivity contribution in [3.8, 4) is 0 Å². The van der Waals surface area contributed by atoms with Crippen LogP contribution in [0.3, 0.4) is 0 Å². The van der Waals surface area contributed by atoms with E-state index in [9.17, 15) is 9.59 Å². The fourth-order valence-electron chi connectivity index (χ4n) is 3.03. The Morgan fingerprint density at radius 3 is 2.42 bits per heavy atom. The van der Waals surface area contributed by atoms with Crippen molar-refractivity contribution < 1.29 is 9.59 Å². The van der Waals surface area contributed by atoms with Gasteiger partial charge in [-0.05, 0) is 36.7 Å². The van der Waals surface area contributed by atoms with E-state index in [0.29, 0.717) is 5.92 Å². The molecular weight excluding hydrogens is 302 g/mol. The van der Waals surface area contributed by atoms with Gasteiger partial charge >= 0.3 is 0 Å². The highest BCUT2D eigenvalue weighted by Gasteiger charge is 2.24. The van der Waals surface area contributed by atoms with Crippen LogP contribution < -0.4 is 11.1 Å². The predicted molar refractivity (Wildman–Crippen MR) is 95.3 cm³/mol. The number of nitrogens with zero attached hydrogens (tertiary/aromatic N) is 1. The van der Waals surface area contributed by atoms with E-state index in [-0.39, 0.29) is 24.3 Å². The third kappa shape index (κ3) is 5.34. The molecule has 1 fully saturated rings. The third-order valence-corrected chi connectivity index (χ3v) is 4.77. The first-order valence-electron chi connectivity index (χ1n) is 8.82. The number of piperidine rings is 1. The summed E-state index contributed by atoms with van der Waals surface area (Å²) in [5.41, 5.74) is 7.14. The molecule has 1 saturated heterocycles. The van der Waals surface area contributed by atoms with Gasteiger partial charge in [0.05, 0.1) is 12.6 Å². The topological polar surface area (TPSA) is 75.4 Å². The Bertz CT molecular complexity index is 537. The molecule has 2 amide bonds. The number of amides is 2. The molecule has 1 aromatic rings. The van der Waals surface area contributed by atoms with Crippen molar-refractivity contribution in [3.63, 3.8) is 0 Å². The summed E-state index contributed by atoms with van der Waals surface area (Å²) in [4.78, 5) is 25.9. The summed E-state index contributed by atoms with van der Waals surface area (Å²) >= 11 is 0. The minimum absolute atomic E-state index is 0.0162. The number of nitrogens with two attached hydrogens (primary N) is 1. The average molecular weight is 331 g/mol. The fraction of sp³-hybridized carbons (Fsp3) is 0.579. The minimum atomic E-state index is -0.561. The summed E-state index contributed by atoms with van der Waals surface area (Å²) in [6, 6.07) is 9.92. The quantitative estimate of drug-likeness (QED) is 0.831. The van der Waals surface area contributed by atoms with Crippen molar-refractivity contribution in [2.24, 2.45) is 17.6 Å². The normalized spacial score (nSPS) is 16.9. The lowest BCUT2D eigenvalue weighted by Gasteiger charge is -2.32.